The molecule has 0 aliphatic heterocycles. The monoisotopic (exact) mass is 209 g/mol. The van der Waals surface area contributed by atoms with Crippen LogP contribution in [0.1, 0.15) is 32.1 Å². The zero-order chi connectivity index (χ0) is 10.4. The zero-order valence-corrected chi connectivity index (χ0v) is 8.98. The zero-order valence-electron chi connectivity index (χ0n) is 8.98. The van der Waals surface area contributed by atoms with E-state index in [4.69, 9.17) is 5.11 Å². The molecule has 0 aromatic rings. The minimum atomic E-state index is -0.722. The van der Waals surface area contributed by atoms with Crippen molar-refractivity contribution in [1.29, 1.82) is 0 Å². The van der Waals surface area contributed by atoms with E-state index in [1.165, 1.54) is 32.1 Å². The second kappa shape index (κ2) is 3.48. The summed E-state index contributed by atoms with van der Waals surface area (Å²) in [5.74, 6) is 2.91. The number of hydrogen-bond acceptors (Lipinski definition) is 2. The maximum atomic E-state index is 10.5. The first-order chi connectivity index (χ1) is 7.25. The fourth-order valence-electron chi connectivity index (χ4n) is 4.52. The van der Waals surface area contributed by atoms with Crippen LogP contribution in [0.4, 0.5) is 0 Å². The van der Waals surface area contributed by atoms with Crippen LogP contribution in [0.25, 0.3) is 0 Å². The van der Waals surface area contributed by atoms with Gasteiger partial charge in [-0.15, -0.1) is 0 Å². The van der Waals surface area contributed by atoms with E-state index in [0.717, 1.165) is 23.7 Å². The summed E-state index contributed by atoms with van der Waals surface area (Å²) in [5.41, 5.74) is 0. The predicted molar refractivity (Wildman–Crippen MR) is 56.5 cm³/mol. The number of nitrogens with one attached hydrogen (secondary N) is 1. The minimum absolute atomic E-state index is 0.144. The molecule has 0 amide bonds. The largest absolute Gasteiger partial charge is 0.480 e. The molecule has 5 unspecified atom stereocenters. The summed E-state index contributed by atoms with van der Waals surface area (Å²) in [6, 6.07) is 0.505. The average Bonchev–Trinajstić information content (AvgIpc) is 2.86. The Labute approximate surface area is 90.2 Å². The van der Waals surface area contributed by atoms with E-state index in [2.05, 4.69) is 5.32 Å². The van der Waals surface area contributed by atoms with Crippen LogP contribution in [0.15, 0.2) is 0 Å². The molecule has 5 atom stereocenters. The number of fused-ring (bicyclic) bond motifs is 5. The van der Waals surface area contributed by atoms with Crippen molar-refractivity contribution < 1.29 is 9.90 Å². The predicted octanol–water partition coefficient (Wildman–Crippen LogP) is 1.49. The van der Waals surface area contributed by atoms with Gasteiger partial charge in [-0.25, -0.2) is 0 Å². The number of carboxylic acid groups (broad SMARTS) is 1. The molecule has 0 saturated heterocycles. The molecule has 0 aromatic heterocycles. The Bertz CT molecular complexity index is 279. The molecular weight excluding hydrogens is 190 g/mol. The third kappa shape index (κ3) is 1.48. The summed E-state index contributed by atoms with van der Waals surface area (Å²) in [6.45, 7) is 0.144. The highest BCUT2D eigenvalue weighted by Crippen LogP contribution is 2.58. The van der Waals surface area contributed by atoms with Crippen molar-refractivity contribution >= 4 is 5.97 Å². The number of carbonyl (C=O) groups is 1. The average molecular weight is 209 g/mol. The summed E-state index contributed by atoms with van der Waals surface area (Å²) in [6.07, 6.45) is 6.86. The molecule has 0 radical (unpaired) electrons. The molecule has 15 heavy (non-hydrogen) atoms. The van der Waals surface area contributed by atoms with Crippen LogP contribution in [0.2, 0.25) is 0 Å². The van der Waals surface area contributed by atoms with Gasteiger partial charge in [0.05, 0.1) is 6.54 Å². The van der Waals surface area contributed by atoms with Crippen LogP contribution in [-0.2, 0) is 4.79 Å². The Kier molecular flexibility index (Phi) is 2.23. The van der Waals surface area contributed by atoms with E-state index in [1.807, 2.05) is 0 Å². The van der Waals surface area contributed by atoms with Crippen molar-refractivity contribution in [2.75, 3.05) is 6.54 Å². The summed E-state index contributed by atoms with van der Waals surface area (Å²) in [5, 5.41) is 11.9. The molecule has 0 spiro atoms. The van der Waals surface area contributed by atoms with Gasteiger partial charge in [-0.2, -0.15) is 0 Å². The second-order valence-electron chi connectivity index (χ2n) is 5.54. The maximum absolute atomic E-state index is 10.5. The molecule has 3 heteroatoms. The van der Waals surface area contributed by atoms with E-state index >= 15 is 0 Å². The van der Waals surface area contributed by atoms with E-state index in [9.17, 15) is 4.79 Å². The first-order valence-electron chi connectivity index (χ1n) is 6.21. The number of carboxylic acids is 1. The van der Waals surface area contributed by atoms with Crippen molar-refractivity contribution in [2.45, 2.75) is 38.1 Å². The Morgan fingerprint density at radius 2 is 2.00 bits per heavy atom. The van der Waals surface area contributed by atoms with Gasteiger partial charge in [-0.3, -0.25) is 4.79 Å². The van der Waals surface area contributed by atoms with E-state index in [-0.39, 0.29) is 6.54 Å². The molecule has 3 saturated carbocycles. The number of hydrogen-bond donors (Lipinski definition) is 2. The first kappa shape index (κ1) is 9.64. The molecule has 3 fully saturated rings. The molecule has 3 aliphatic carbocycles. The van der Waals surface area contributed by atoms with Crippen LogP contribution < -0.4 is 5.32 Å². The Morgan fingerprint density at radius 3 is 2.80 bits per heavy atom. The SMILES string of the molecule is O=C(O)CNC1CC2CC1C1CCCC21. The van der Waals surface area contributed by atoms with Gasteiger partial charge < -0.3 is 10.4 Å². The van der Waals surface area contributed by atoms with Gasteiger partial charge in [0.2, 0.25) is 0 Å². The molecule has 3 rings (SSSR count). The topological polar surface area (TPSA) is 49.3 Å². The lowest BCUT2D eigenvalue weighted by Crippen LogP contribution is -2.41. The van der Waals surface area contributed by atoms with Gasteiger partial charge in [-0.1, -0.05) is 6.42 Å². The van der Waals surface area contributed by atoms with Crippen LogP contribution in [0.5, 0.6) is 0 Å². The lowest BCUT2D eigenvalue weighted by Gasteiger charge is -2.31. The smallest absolute Gasteiger partial charge is 0.317 e. The summed E-state index contributed by atoms with van der Waals surface area (Å²) >= 11 is 0. The highest BCUT2D eigenvalue weighted by Gasteiger charge is 2.53. The molecule has 3 aliphatic rings. The van der Waals surface area contributed by atoms with Gasteiger partial charge >= 0.3 is 5.97 Å². The second-order valence-corrected chi connectivity index (χ2v) is 5.54. The highest BCUT2D eigenvalue weighted by atomic mass is 16.4. The molecular formula is C12H19NO2. The lowest BCUT2D eigenvalue weighted by molar-refractivity contribution is -0.136. The van der Waals surface area contributed by atoms with Crippen molar-refractivity contribution in [3.8, 4) is 0 Å². The van der Waals surface area contributed by atoms with Gasteiger partial charge in [0.25, 0.3) is 0 Å². The van der Waals surface area contributed by atoms with Crippen molar-refractivity contribution in [3.63, 3.8) is 0 Å². The van der Waals surface area contributed by atoms with Crippen LogP contribution in [-0.4, -0.2) is 23.7 Å². The summed E-state index contributed by atoms with van der Waals surface area (Å²) in [7, 11) is 0. The number of aliphatic carboxylic acids is 1. The van der Waals surface area contributed by atoms with Gasteiger partial charge in [0.15, 0.2) is 0 Å². The molecule has 0 aromatic carbocycles. The third-order valence-corrected chi connectivity index (χ3v) is 4.94. The summed E-state index contributed by atoms with van der Waals surface area (Å²) in [4.78, 5) is 10.5. The first-order valence-corrected chi connectivity index (χ1v) is 6.21. The lowest BCUT2D eigenvalue weighted by atomic mass is 9.79. The fraction of sp³-hybridized carbons (Fsp3) is 0.917. The van der Waals surface area contributed by atoms with Gasteiger partial charge in [0.1, 0.15) is 0 Å². The Morgan fingerprint density at radius 1 is 1.20 bits per heavy atom. The molecule has 0 heterocycles. The van der Waals surface area contributed by atoms with Gasteiger partial charge in [0, 0.05) is 6.04 Å². The van der Waals surface area contributed by atoms with E-state index in [0.29, 0.717) is 6.04 Å². The van der Waals surface area contributed by atoms with Gasteiger partial charge in [-0.05, 0) is 49.4 Å². The molecule has 3 nitrogen and oxygen atoms in total. The molecule has 84 valence electrons. The van der Waals surface area contributed by atoms with Crippen LogP contribution >= 0.6 is 0 Å². The Hall–Kier alpha value is -0.570. The molecule has 2 N–H and O–H groups in total. The summed E-state index contributed by atoms with van der Waals surface area (Å²) < 4.78 is 0. The fourth-order valence-corrected chi connectivity index (χ4v) is 4.52. The minimum Gasteiger partial charge on any atom is -0.480 e. The van der Waals surface area contributed by atoms with Crippen LogP contribution in [0.3, 0.4) is 0 Å². The van der Waals surface area contributed by atoms with Crippen molar-refractivity contribution in [3.05, 3.63) is 0 Å². The quantitative estimate of drug-likeness (QED) is 0.740. The molecule has 2 bridgehead atoms. The van der Waals surface area contributed by atoms with Crippen LogP contribution in [0, 0.1) is 23.7 Å². The van der Waals surface area contributed by atoms with E-state index < -0.39 is 5.97 Å². The normalized spacial score (nSPS) is 47.1. The van der Waals surface area contributed by atoms with Crippen molar-refractivity contribution in [2.24, 2.45) is 23.7 Å². The maximum Gasteiger partial charge on any atom is 0.317 e. The highest BCUT2D eigenvalue weighted by molar-refractivity contribution is 5.69. The standard InChI is InChI=1S/C12H19NO2/c14-12(15)6-13-11-5-7-4-10(11)9-3-1-2-8(7)9/h7-11,13H,1-6H2,(H,14,15). The van der Waals surface area contributed by atoms with E-state index in [1.54, 1.807) is 0 Å². The Balaban J connectivity index is 1.63. The third-order valence-electron chi connectivity index (χ3n) is 4.94. The number of rotatable bonds is 3. The van der Waals surface area contributed by atoms with Crippen molar-refractivity contribution in [1.82, 2.24) is 5.32 Å².